The van der Waals surface area contributed by atoms with Crippen LogP contribution in [0.15, 0.2) is 4.24 Å². The maximum Gasteiger partial charge on any atom is 0.220 e. The van der Waals surface area contributed by atoms with Gasteiger partial charge < -0.3 is 0 Å². The van der Waals surface area contributed by atoms with Crippen LogP contribution in [0.1, 0.15) is 0 Å². The van der Waals surface area contributed by atoms with Gasteiger partial charge in [0.25, 0.3) is 0 Å². The van der Waals surface area contributed by atoms with Crippen LogP contribution in [-0.2, 0) is 12.2 Å². The normalized spacial score (nSPS) is 5.80. The molecule has 0 nitrogen and oxygen atoms in total. The van der Waals surface area contributed by atoms with Crippen molar-refractivity contribution in [2.75, 3.05) is 0 Å². The summed E-state index contributed by atoms with van der Waals surface area (Å²) in [4.78, 5) is 0. The minimum absolute atomic E-state index is 0.397. The van der Waals surface area contributed by atoms with Crippen molar-refractivity contribution in [1.29, 1.82) is 0 Å². The van der Waals surface area contributed by atoms with Gasteiger partial charge in [-0.1, -0.05) is 12.6 Å². The second-order valence-electron chi connectivity index (χ2n) is 0.417. The summed E-state index contributed by atoms with van der Waals surface area (Å²) in [6.45, 7) is 0. The third kappa shape index (κ3) is 4.44. The molecule has 0 aromatic heterocycles. The molecular weight excluding hydrogens is 120 g/mol. The Bertz CT molecular complexity index is 65.0. The minimum atomic E-state index is 0.397. The van der Waals surface area contributed by atoms with Gasteiger partial charge in [-0.2, -0.15) is 0 Å². The molecule has 0 unspecified atom stereocenters. The molecule has 0 N–H and O–H groups in total. The molecule has 27 valence electrons. The predicted molar refractivity (Wildman–Crippen MR) is 33.9 cm³/mol. The van der Waals surface area contributed by atoms with Crippen LogP contribution in [0.5, 0.6) is 0 Å². The number of hydrogen-bond acceptors (Lipinski definition) is 1. The Morgan fingerprint density at radius 2 is 2.20 bits per heavy atom. The van der Waals surface area contributed by atoms with E-state index in [1.165, 1.54) is 0 Å². The van der Waals surface area contributed by atoms with Crippen LogP contribution in [0.25, 0.3) is 0 Å². The summed E-state index contributed by atoms with van der Waals surface area (Å²) in [7, 11) is 0. The van der Waals surface area contributed by atoms with Crippen molar-refractivity contribution < 1.29 is 0 Å². The first-order valence-electron chi connectivity index (χ1n) is 0.901. The van der Waals surface area contributed by atoms with Crippen molar-refractivity contribution in [3.05, 3.63) is 4.24 Å². The lowest BCUT2D eigenvalue weighted by Crippen LogP contribution is -1.43. The van der Waals surface area contributed by atoms with Crippen molar-refractivity contribution in [3.63, 3.8) is 0 Å². The lowest BCUT2D eigenvalue weighted by Gasteiger charge is -1.54. The molecule has 0 aliphatic rings. The van der Waals surface area contributed by atoms with Crippen molar-refractivity contribution >= 4 is 42.5 Å². The standard InChI is InChI=1S/C2HS3/c3-1-2(4)5/h4H/p+1. The van der Waals surface area contributed by atoms with Gasteiger partial charge in [0, 0.05) is 0 Å². The maximum absolute atomic E-state index is 4.37. The second-order valence-corrected chi connectivity index (χ2v) is 1.80. The van der Waals surface area contributed by atoms with Gasteiger partial charge in [0.15, 0.2) is 4.24 Å². The van der Waals surface area contributed by atoms with E-state index in [0.29, 0.717) is 4.24 Å². The van der Waals surface area contributed by atoms with E-state index < -0.39 is 0 Å². The molecule has 0 heterocycles. The molecule has 0 fully saturated rings. The van der Waals surface area contributed by atoms with Crippen LogP contribution in [-0.4, -0.2) is 5.02 Å². The lowest BCUT2D eigenvalue weighted by atomic mass is 11.2. The highest BCUT2D eigenvalue weighted by Gasteiger charge is 1.71. The van der Waals surface area contributed by atoms with E-state index in [0.717, 1.165) is 0 Å². The van der Waals surface area contributed by atoms with Gasteiger partial charge in [0.05, 0.1) is 0 Å². The van der Waals surface area contributed by atoms with Crippen LogP contribution in [0.3, 0.4) is 0 Å². The molecule has 3 heteroatoms. The molecular formula is C2H2S3+. The van der Waals surface area contributed by atoms with Gasteiger partial charge >= 0.3 is 0 Å². The Balaban J connectivity index is 3.60. The van der Waals surface area contributed by atoms with Crippen LogP contribution >= 0.6 is 25.3 Å². The molecule has 1 radical (unpaired) electrons. The SMILES string of the molecule is [S]C(S)=C=[SH+]. The van der Waals surface area contributed by atoms with Crippen LogP contribution in [0.4, 0.5) is 0 Å². The zero-order valence-electron chi connectivity index (χ0n) is 2.30. The van der Waals surface area contributed by atoms with E-state index in [4.69, 9.17) is 0 Å². The molecule has 0 aromatic carbocycles. The average molecular weight is 122 g/mol. The lowest BCUT2D eigenvalue weighted by molar-refractivity contribution is 2.85. The van der Waals surface area contributed by atoms with Crippen LogP contribution in [0, 0.1) is 0 Å². The van der Waals surface area contributed by atoms with Crippen molar-refractivity contribution in [3.8, 4) is 0 Å². The third-order valence-electron chi connectivity index (χ3n) is 0.0956. The van der Waals surface area contributed by atoms with E-state index in [1.807, 2.05) is 0 Å². The highest BCUT2D eigenvalue weighted by Crippen LogP contribution is 1.95. The third-order valence-corrected chi connectivity index (χ3v) is 0.861. The maximum atomic E-state index is 4.37. The predicted octanol–water partition coefficient (Wildman–Crippen LogP) is 0.635. The van der Waals surface area contributed by atoms with Gasteiger partial charge in [-0.3, -0.25) is 0 Å². The molecule has 0 aliphatic carbocycles. The summed E-state index contributed by atoms with van der Waals surface area (Å²) >= 11 is 11.6. The Kier molecular flexibility index (Phi) is 2.90. The van der Waals surface area contributed by atoms with E-state index >= 15 is 0 Å². The smallest absolute Gasteiger partial charge is 0.119 e. The summed E-state index contributed by atoms with van der Waals surface area (Å²) in [5.41, 5.74) is 0. The first kappa shape index (κ1) is 5.44. The highest BCUT2D eigenvalue weighted by molar-refractivity contribution is 8.05. The van der Waals surface area contributed by atoms with E-state index in [2.05, 4.69) is 42.5 Å². The van der Waals surface area contributed by atoms with E-state index in [9.17, 15) is 0 Å². The Morgan fingerprint density at radius 1 is 2.00 bits per heavy atom. The van der Waals surface area contributed by atoms with Gasteiger partial charge in [-0.15, -0.1) is 12.6 Å². The Labute approximate surface area is 47.1 Å². The molecule has 0 rings (SSSR count). The molecule has 0 aromatic rings. The second kappa shape index (κ2) is 2.67. The van der Waals surface area contributed by atoms with Crippen LogP contribution < -0.4 is 0 Å². The molecule has 0 saturated carbocycles. The molecule has 0 aliphatic heterocycles. The zero-order valence-corrected chi connectivity index (χ0v) is 4.91. The summed E-state index contributed by atoms with van der Waals surface area (Å²) in [6, 6.07) is 0. The number of hydrogen-bond donors (Lipinski definition) is 1. The quantitative estimate of drug-likeness (QED) is 0.272. The van der Waals surface area contributed by atoms with Gasteiger partial charge in [-0.05, 0) is 0 Å². The summed E-state index contributed by atoms with van der Waals surface area (Å²) in [5, 5.41) is 2.32. The first-order chi connectivity index (χ1) is 2.27. The molecule has 0 spiro atoms. The van der Waals surface area contributed by atoms with E-state index in [-0.39, 0.29) is 0 Å². The van der Waals surface area contributed by atoms with Gasteiger partial charge in [0.2, 0.25) is 17.2 Å². The summed E-state index contributed by atoms with van der Waals surface area (Å²) in [5.74, 6) is 0. The fraction of sp³-hybridized carbons (Fsp3) is 0. The van der Waals surface area contributed by atoms with Gasteiger partial charge in [-0.25, -0.2) is 0 Å². The van der Waals surface area contributed by atoms with Crippen molar-refractivity contribution in [1.82, 2.24) is 0 Å². The fourth-order valence-electron chi connectivity index (χ4n) is 0. The number of rotatable bonds is 0. The molecule has 0 saturated heterocycles. The molecule has 0 amide bonds. The summed E-state index contributed by atoms with van der Waals surface area (Å²) in [6.07, 6.45) is 0. The van der Waals surface area contributed by atoms with E-state index in [1.54, 1.807) is 0 Å². The average Bonchev–Trinajstić information content (AvgIpc) is 1.38. The zero-order chi connectivity index (χ0) is 4.28. The molecule has 0 bridgehead atoms. The molecule has 5 heavy (non-hydrogen) atoms. The molecule has 0 atom stereocenters. The van der Waals surface area contributed by atoms with Crippen molar-refractivity contribution in [2.45, 2.75) is 0 Å². The largest absolute Gasteiger partial charge is 0.220 e. The Hall–Kier alpha value is 0.440. The monoisotopic (exact) mass is 122 g/mol. The fourth-order valence-corrected chi connectivity index (χ4v) is 0. The van der Waals surface area contributed by atoms with Crippen LogP contribution in [0.2, 0.25) is 0 Å². The Morgan fingerprint density at radius 3 is 2.20 bits per heavy atom. The van der Waals surface area contributed by atoms with Gasteiger partial charge in [0.1, 0.15) is 0 Å². The van der Waals surface area contributed by atoms with Crippen molar-refractivity contribution in [2.24, 2.45) is 0 Å². The summed E-state index contributed by atoms with van der Waals surface area (Å²) < 4.78 is 0.397. The first-order valence-corrected chi connectivity index (χ1v) is 2.20. The highest BCUT2D eigenvalue weighted by atomic mass is 32.2. The topological polar surface area (TPSA) is 0 Å². The minimum Gasteiger partial charge on any atom is -0.119 e. The number of thiol groups is 2.